The Hall–Kier alpha value is -3.76. The van der Waals surface area contributed by atoms with E-state index in [4.69, 9.17) is 16.3 Å². The van der Waals surface area contributed by atoms with Crippen molar-refractivity contribution in [2.75, 3.05) is 11.1 Å². The quantitative estimate of drug-likeness (QED) is 0.217. The largest absolute Gasteiger partial charge is 0.481 e. The molecule has 0 saturated heterocycles. The summed E-state index contributed by atoms with van der Waals surface area (Å²) in [6, 6.07) is 14.8. The number of hydrogen-bond acceptors (Lipinski definition) is 6. The Morgan fingerprint density at radius 2 is 1.95 bits per heavy atom. The summed E-state index contributed by atoms with van der Waals surface area (Å²) >= 11 is 7.51. The van der Waals surface area contributed by atoms with Gasteiger partial charge in [-0.15, -0.1) is 16.8 Å². The van der Waals surface area contributed by atoms with E-state index in [1.807, 2.05) is 60.9 Å². The molecule has 198 valence electrons. The van der Waals surface area contributed by atoms with Crippen LogP contribution in [0.5, 0.6) is 5.75 Å². The Morgan fingerprint density at radius 1 is 1.21 bits per heavy atom. The number of allylic oxidation sites excluding steroid dienone is 1. The van der Waals surface area contributed by atoms with E-state index < -0.39 is 6.10 Å². The average Bonchev–Trinajstić information content (AvgIpc) is 3.39. The lowest BCUT2D eigenvalue weighted by Gasteiger charge is -2.17. The van der Waals surface area contributed by atoms with Gasteiger partial charge in [0.1, 0.15) is 11.4 Å². The maximum absolute atomic E-state index is 13.1. The molecule has 38 heavy (non-hydrogen) atoms. The minimum atomic E-state index is -0.451. The molecule has 0 bridgehead atoms. The van der Waals surface area contributed by atoms with Crippen LogP contribution in [0, 0.1) is 13.8 Å². The second kappa shape index (κ2) is 11.7. The molecule has 0 aliphatic rings. The highest BCUT2D eigenvalue weighted by molar-refractivity contribution is 7.99. The summed E-state index contributed by atoms with van der Waals surface area (Å²) in [6.45, 7) is 9.87. The SMILES string of the molecule is C=CCn1c(SCC(=O)Nc2c(C)n(C)n(-c3ccccc3)c2=O)nnc1C(C)Oc1cc(C)ccc1Cl. The van der Waals surface area contributed by atoms with E-state index in [1.54, 1.807) is 30.8 Å². The number of aromatic nitrogens is 5. The first-order valence-corrected chi connectivity index (χ1v) is 13.3. The molecule has 0 aliphatic carbocycles. The van der Waals surface area contributed by atoms with Gasteiger partial charge in [0.2, 0.25) is 5.91 Å². The van der Waals surface area contributed by atoms with Gasteiger partial charge < -0.3 is 10.1 Å². The average molecular weight is 553 g/mol. The number of nitrogens with one attached hydrogen (secondary N) is 1. The molecule has 0 fully saturated rings. The van der Waals surface area contributed by atoms with Crippen LogP contribution in [-0.4, -0.2) is 35.8 Å². The predicted octanol–water partition coefficient (Wildman–Crippen LogP) is 5.09. The molecule has 1 unspecified atom stereocenters. The minimum absolute atomic E-state index is 0.0351. The fourth-order valence-corrected chi connectivity index (χ4v) is 4.89. The molecule has 11 heteroatoms. The third-order valence-electron chi connectivity index (χ3n) is 5.96. The summed E-state index contributed by atoms with van der Waals surface area (Å²) in [4.78, 5) is 26.0. The van der Waals surface area contributed by atoms with Crippen LogP contribution in [0.1, 0.15) is 30.1 Å². The first-order chi connectivity index (χ1) is 18.2. The van der Waals surface area contributed by atoms with Crippen molar-refractivity contribution in [3.8, 4) is 11.4 Å². The van der Waals surface area contributed by atoms with Gasteiger partial charge in [-0.1, -0.05) is 53.7 Å². The second-order valence-corrected chi connectivity index (χ2v) is 10.1. The number of anilines is 1. The van der Waals surface area contributed by atoms with Crippen molar-refractivity contribution in [3.63, 3.8) is 0 Å². The molecular weight excluding hydrogens is 524 g/mol. The van der Waals surface area contributed by atoms with E-state index >= 15 is 0 Å². The number of thioether (sulfide) groups is 1. The fraction of sp³-hybridized carbons (Fsp3) is 0.259. The highest BCUT2D eigenvalue weighted by Crippen LogP contribution is 2.30. The maximum Gasteiger partial charge on any atom is 0.295 e. The van der Waals surface area contributed by atoms with Gasteiger partial charge in [-0.25, -0.2) is 4.68 Å². The van der Waals surface area contributed by atoms with Crippen LogP contribution in [0.3, 0.4) is 0 Å². The maximum atomic E-state index is 13.1. The van der Waals surface area contributed by atoms with Gasteiger partial charge in [0, 0.05) is 13.6 Å². The van der Waals surface area contributed by atoms with Gasteiger partial charge in [-0.2, -0.15) is 0 Å². The summed E-state index contributed by atoms with van der Waals surface area (Å²) in [5, 5.41) is 12.4. The summed E-state index contributed by atoms with van der Waals surface area (Å²) in [5.41, 5.74) is 2.33. The molecule has 0 spiro atoms. The predicted molar refractivity (Wildman–Crippen MR) is 151 cm³/mol. The van der Waals surface area contributed by atoms with Crippen LogP contribution in [-0.2, 0) is 18.4 Å². The van der Waals surface area contributed by atoms with Gasteiger partial charge >= 0.3 is 0 Å². The molecule has 4 rings (SSSR count). The van der Waals surface area contributed by atoms with E-state index in [0.29, 0.717) is 39.7 Å². The Balaban J connectivity index is 1.48. The summed E-state index contributed by atoms with van der Waals surface area (Å²) < 4.78 is 11.2. The van der Waals surface area contributed by atoms with E-state index in [0.717, 1.165) is 5.56 Å². The number of rotatable bonds is 10. The van der Waals surface area contributed by atoms with Crippen molar-refractivity contribution in [3.05, 3.63) is 93.6 Å². The Kier molecular flexibility index (Phi) is 8.43. The number of carbonyl (C=O) groups excluding carboxylic acids is 1. The normalized spacial score (nSPS) is 11.8. The molecule has 1 N–H and O–H groups in total. The first kappa shape index (κ1) is 27.3. The third kappa shape index (κ3) is 5.71. The second-order valence-electron chi connectivity index (χ2n) is 8.71. The van der Waals surface area contributed by atoms with Crippen molar-refractivity contribution >= 4 is 35.0 Å². The number of nitrogens with zero attached hydrogens (tertiary/aromatic N) is 5. The molecular formula is C27H29ClN6O3S. The molecule has 2 aromatic carbocycles. The smallest absolute Gasteiger partial charge is 0.295 e. The van der Waals surface area contributed by atoms with Gasteiger partial charge in [0.05, 0.1) is 22.2 Å². The third-order valence-corrected chi connectivity index (χ3v) is 7.24. The fourth-order valence-electron chi connectivity index (χ4n) is 3.97. The zero-order chi connectivity index (χ0) is 27.4. The van der Waals surface area contributed by atoms with Crippen molar-refractivity contribution in [1.82, 2.24) is 24.1 Å². The van der Waals surface area contributed by atoms with Crippen molar-refractivity contribution in [1.29, 1.82) is 0 Å². The number of benzene rings is 2. The van der Waals surface area contributed by atoms with Crippen LogP contribution in [0.25, 0.3) is 5.69 Å². The van der Waals surface area contributed by atoms with E-state index in [2.05, 4.69) is 22.1 Å². The minimum Gasteiger partial charge on any atom is -0.481 e. The van der Waals surface area contributed by atoms with Crippen LogP contribution in [0.15, 0.2) is 71.1 Å². The zero-order valence-corrected chi connectivity index (χ0v) is 23.2. The highest BCUT2D eigenvalue weighted by Gasteiger charge is 2.22. The molecule has 2 heterocycles. The number of carbonyl (C=O) groups is 1. The molecule has 0 saturated carbocycles. The monoisotopic (exact) mass is 552 g/mol. The van der Waals surface area contributed by atoms with E-state index in [1.165, 1.54) is 16.4 Å². The van der Waals surface area contributed by atoms with Crippen LogP contribution < -0.4 is 15.6 Å². The Morgan fingerprint density at radius 3 is 2.66 bits per heavy atom. The van der Waals surface area contributed by atoms with E-state index in [-0.39, 0.29) is 22.9 Å². The van der Waals surface area contributed by atoms with Gasteiger partial charge in [-0.05, 0) is 50.6 Å². The summed E-state index contributed by atoms with van der Waals surface area (Å²) in [7, 11) is 1.78. The van der Waals surface area contributed by atoms with Crippen LogP contribution >= 0.6 is 23.4 Å². The molecule has 1 atom stereocenters. The Labute approximate surface area is 230 Å². The van der Waals surface area contributed by atoms with Gasteiger partial charge in [0.25, 0.3) is 5.56 Å². The molecule has 0 aliphatic heterocycles. The lowest BCUT2D eigenvalue weighted by molar-refractivity contribution is -0.113. The van der Waals surface area contributed by atoms with Crippen LogP contribution in [0.2, 0.25) is 5.02 Å². The molecule has 9 nitrogen and oxygen atoms in total. The standard InChI is InChI=1S/C27H29ClN6O3S/c1-6-14-33-25(19(4)37-22-15-17(2)12-13-21(22)28)30-31-27(33)38-16-23(35)29-24-18(3)32(5)34(26(24)36)20-10-8-7-9-11-20/h6-13,15,19H,1,14,16H2,2-5H3,(H,29,35). The number of hydrogen-bond donors (Lipinski definition) is 1. The van der Waals surface area contributed by atoms with E-state index in [9.17, 15) is 9.59 Å². The summed E-state index contributed by atoms with van der Waals surface area (Å²) in [5.74, 6) is 0.842. The molecule has 4 aromatic rings. The van der Waals surface area contributed by atoms with Gasteiger partial charge in [0.15, 0.2) is 17.1 Å². The topological polar surface area (TPSA) is 96.0 Å². The molecule has 1 amide bonds. The first-order valence-electron chi connectivity index (χ1n) is 11.9. The summed E-state index contributed by atoms with van der Waals surface area (Å²) in [6.07, 6.45) is 1.27. The van der Waals surface area contributed by atoms with Gasteiger partial charge in [-0.3, -0.25) is 18.8 Å². The number of para-hydroxylation sites is 1. The Bertz CT molecular complexity index is 1530. The number of ether oxygens (including phenoxy) is 1. The molecule has 2 aromatic heterocycles. The molecule has 0 radical (unpaired) electrons. The number of aryl methyl sites for hydroxylation is 1. The highest BCUT2D eigenvalue weighted by atomic mass is 35.5. The zero-order valence-electron chi connectivity index (χ0n) is 21.6. The van der Waals surface area contributed by atoms with Crippen LogP contribution in [0.4, 0.5) is 5.69 Å². The number of amides is 1. The van der Waals surface area contributed by atoms with Crippen molar-refractivity contribution in [2.24, 2.45) is 7.05 Å². The van der Waals surface area contributed by atoms with Crippen molar-refractivity contribution in [2.45, 2.75) is 38.6 Å². The van der Waals surface area contributed by atoms with Crippen molar-refractivity contribution < 1.29 is 9.53 Å². The number of halogens is 1. The lowest BCUT2D eigenvalue weighted by Crippen LogP contribution is -2.23. The lowest BCUT2D eigenvalue weighted by atomic mass is 10.2.